The molecular formula is C25H20ClF. The average molecular weight is 375 g/mol. The molecule has 27 heavy (non-hydrogen) atoms. The van der Waals surface area contributed by atoms with E-state index in [0.717, 1.165) is 41.5 Å². The first-order valence-corrected chi connectivity index (χ1v) is 9.31. The Balaban J connectivity index is 1.68. The van der Waals surface area contributed by atoms with Gasteiger partial charge in [-0.05, 0) is 72.4 Å². The minimum Gasteiger partial charge on any atom is -0.205 e. The third-order valence-electron chi connectivity index (χ3n) is 4.32. The molecule has 3 rings (SSSR count). The normalized spacial score (nSPS) is 10.1. The van der Waals surface area contributed by atoms with Crippen molar-refractivity contribution in [3.05, 3.63) is 107 Å². The molecule has 2 heteroatoms. The van der Waals surface area contributed by atoms with Crippen LogP contribution < -0.4 is 0 Å². The number of unbranched alkanes of at least 4 members (excludes halogenated alkanes) is 1. The Kier molecular flexibility index (Phi) is 6.47. The van der Waals surface area contributed by atoms with Crippen LogP contribution in [0, 0.1) is 17.7 Å². The molecule has 0 aliphatic carbocycles. The van der Waals surface area contributed by atoms with Crippen molar-refractivity contribution in [1.29, 1.82) is 0 Å². The Labute approximate surface area is 165 Å². The van der Waals surface area contributed by atoms with Gasteiger partial charge in [-0.15, -0.1) is 6.58 Å². The Morgan fingerprint density at radius 1 is 0.852 bits per heavy atom. The summed E-state index contributed by atoms with van der Waals surface area (Å²) in [7, 11) is 0. The number of hydrogen-bond acceptors (Lipinski definition) is 0. The first-order chi connectivity index (χ1) is 13.2. The van der Waals surface area contributed by atoms with Gasteiger partial charge in [0.05, 0.1) is 5.02 Å². The second kappa shape index (κ2) is 9.21. The molecule has 0 saturated heterocycles. The molecule has 0 aliphatic rings. The van der Waals surface area contributed by atoms with E-state index in [1.807, 2.05) is 36.4 Å². The van der Waals surface area contributed by atoms with Crippen LogP contribution in [-0.2, 0) is 6.42 Å². The fourth-order valence-electron chi connectivity index (χ4n) is 2.77. The Hall–Kier alpha value is -2.82. The van der Waals surface area contributed by atoms with Crippen LogP contribution in [0.4, 0.5) is 4.39 Å². The lowest BCUT2D eigenvalue weighted by Gasteiger charge is -2.03. The fraction of sp³-hybridized carbons (Fsp3) is 0.120. The molecule has 0 aliphatic heterocycles. The summed E-state index contributed by atoms with van der Waals surface area (Å²) in [5.41, 5.74) is 4.96. The van der Waals surface area contributed by atoms with Crippen molar-refractivity contribution in [1.82, 2.24) is 0 Å². The summed E-state index contributed by atoms with van der Waals surface area (Å²) >= 11 is 5.74. The summed E-state index contributed by atoms with van der Waals surface area (Å²) in [6.45, 7) is 3.75. The first kappa shape index (κ1) is 19.0. The van der Waals surface area contributed by atoms with Crippen molar-refractivity contribution < 1.29 is 4.39 Å². The predicted molar refractivity (Wildman–Crippen MR) is 112 cm³/mol. The van der Waals surface area contributed by atoms with Gasteiger partial charge in [-0.1, -0.05) is 59.8 Å². The van der Waals surface area contributed by atoms with E-state index in [0.29, 0.717) is 0 Å². The number of allylic oxidation sites excluding steroid dienone is 1. The summed E-state index contributed by atoms with van der Waals surface area (Å²) < 4.78 is 13.6. The van der Waals surface area contributed by atoms with Crippen LogP contribution in [0.25, 0.3) is 11.1 Å². The fourth-order valence-corrected chi connectivity index (χ4v) is 2.89. The highest BCUT2D eigenvalue weighted by molar-refractivity contribution is 6.30. The zero-order chi connectivity index (χ0) is 19.1. The summed E-state index contributed by atoms with van der Waals surface area (Å²) in [6, 6.07) is 21.0. The van der Waals surface area contributed by atoms with Gasteiger partial charge in [0.15, 0.2) is 0 Å². The first-order valence-electron chi connectivity index (χ1n) is 8.93. The van der Waals surface area contributed by atoms with Crippen LogP contribution in [0.5, 0.6) is 0 Å². The highest BCUT2D eigenvalue weighted by atomic mass is 35.5. The minimum absolute atomic E-state index is 0.132. The molecule has 0 unspecified atom stereocenters. The lowest BCUT2D eigenvalue weighted by Crippen LogP contribution is -1.85. The van der Waals surface area contributed by atoms with Gasteiger partial charge in [0.1, 0.15) is 5.82 Å². The van der Waals surface area contributed by atoms with Crippen molar-refractivity contribution in [2.75, 3.05) is 0 Å². The molecule has 0 radical (unpaired) electrons. The monoisotopic (exact) mass is 374 g/mol. The molecule has 0 atom stereocenters. The van der Waals surface area contributed by atoms with E-state index in [9.17, 15) is 4.39 Å². The standard InChI is InChI=1S/C25H20ClF/c1-2-3-4-5-19-6-8-20(9-7-19)10-11-21-12-14-22(15-13-21)23-16-17-24(26)25(27)18-23/h2,6-9,12-18H,1,3-5H2. The van der Waals surface area contributed by atoms with Crippen molar-refractivity contribution >= 4 is 11.6 Å². The van der Waals surface area contributed by atoms with Crippen molar-refractivity contribution in [2.45, 2.75) is 19.3 Å². The van der Waals surface area contributed by atoms with Crippen molar-refractivity contribution in [3.8, 4) is 23.0 Å². The predicted octanol–water partition coefficient (Wildman–Crippen LogP) is 7.05. The molecule has 0 amide bonds. The third kappa shape index (κ3) is 5.33. The number of hydrogen-bond donors (Lipinski definition) is 0. The molecule has 0 saturated carbocycles. The Bertz CT molecular complexity index is 974. The van der Waals surface area contributed by atoms with Gasteiger partial charge in [-0.3, -0.25) is 0 Å². The lowest BCUT2D eigenvalue weighted by atomic mass is 10.0. The largest absolute Gasteiger partial charge is 0.205 e. The molecule has 0 bridgehead atoms. The van der Waals surface area contributed by atoms with Gasteiger partial charge in [0.25, 0.3) is 0 Å². The Morgan fingerprint density at radius 3 is 2.04 bits per heavy atom. The molecule has 0 spiro atoms. The van der Waals surface area contributed by atoms with E-state index >= 15 is 0 Å². The third-order valence-corrected chi connectivity index (χ3v) is 4.62. The molecule has 134 valence electrons. The van der Waals surface area contributed by atoms with E-state index in [4.69, 9.17) is 11.6 Å². The molecule has 0 N–H and O–H groups in total. The maximum Gasteiger partial charge on any atom is 0.142 e. The molecule has 0 heterocycles. The van der Waals surface area contributed by atoms with Crippen molar-refractivity contribution in [2.24, 2.45) is 0 Å². The van der Waals surface area contributed by atoms with Gasteiger partial charge in [0, 0.05) is 11.1 Å². The molecule has 0 fully saturated rings. The minimum atomic E-state index is -0.411. The summed E-state index contributed by atoms with van der Waals surface area (Å²) in [5.74, 6) is 5.95. The molecular weight excluding hydrogens is 355 g/mol. The zero-order valence-corrected chi connectivity index (χ0v) is 15.8. The Morgan fingerprint density at radius 2 is 1.44 bits per heavy atom. The van der Waals surface area contributed by atoms with Crippen LogP contribution in [-0.4, -0.2) is 0 Å². The maximum atomic E-state index is 13.6. The number of benzene rings is 3. The maximum absolute atomic E-state index is 13.6. The van der Waals surface area contributed by atoms with Gasteiger partial charge >= 0.3 is 0 Å². The van der Waals surface area contributed by atoms with E-state index in [1.165, 1.54) is 11.6 Å². The van der Waals surface area contributed by atoms with E-state index < -0.39 is 5.82 Å². The van der Waals surface area contributed by atoms with Crippen LogP contribution >= 0.6 is 11.6 Å². The highest BCUT2D eigenvalue weighted by Gasteiger charge is 2.03. The van der Waals surface area contributed by atoms with E-state index in [1.54, 1.807) is 6.07 Å². The smallest absolute Gasteiger partial charge is 0.142 e. The molecule has 0 aromatic heterocycles. The van der Waals surface area contributed by atoms with Gasteiger partial charge in [0.2, 0.25) is 0 Å². The topological polar surface area (TPSA) is 0 Å². The lowest BCUT2D eigenvalue weighted by molar-refractivity contribution is 0.629. The van der Waals surface area contributed by atoms with Gasteiger partial charge < -0.3 is 0 Å². The summed E-state index contributed by atoms with van der Waals surface area (Å²) in [4.78, 5) is 0. The quantitative estimate of drug-likeness (QED) is 0.255. The van der Waals surface area contributed by atoms with E-state index in [2.05, 4.69) is 42.7 Å². The highest BCUT2D eigenvalue weighted by Crippen LogP contribution is 2.24. The second-order valence-electron chi connectivity index (χ2n) is 6.33. The number of halogens is 2. The number of rotatable bonds is 5. The summed E-state index contributed by atoms with van der Waals surface area (Å²) in [5, 5.41) is 0.132. The van der Waals surface area contributed by atoms with Gasteiger partial charge in [-0.25, -0.2) is 4.39 Å². The van der Waals surface area contributed by atoms with Crippen LogP contribution in [0.3, 0.4) is 0 Å². The van der Waals surface area contributed by atoms with E-state index in [-0.39, 0.29) is 5.02 Å². The van der Waals surface area contributed by atoms with Crippen LogP contribution in [0.1, 0.15) is 29.5 Å². The van der Waals surface area contributed by atoms with Crippen molar-refractivity contribution in [3.63, 3.8) is 0 Å². The number of aryl methyl sites for hydroxylation is 1. The second-order valence-corrected chi connectivity index (χ2v) is 6.74. The van der Waals surface area contributed by atoms with Crippen LogP contribution in [0.2, 0.25) is 5.02 Å². The molecule has 3 aromatic carbocycles. The SMILES string of the molecule is C=CCCCc1ccc(C#Cc2ccc(-c3ccc(Cl)c(F)c3)cc2)cc1. The van der Waals surface area contributed by atoms with Gasteiger partial charge in [-0.2, -0.15) is 0 Å². The zero-order valence-electron chi connectivity index (χ0n) is 15.0. The van der Waals surface area contributed by atoms with Crippen LogP contribution in [0.15, 0.2) is 79.4 Å². The average Bonchev–Trinajstić information content (AvgIpc) is 2.70. The summed E-state index contributed by atoms with van der Waals surface area (Å²) in [6.07, 6.45) is 5.18. The molecule has 3 aromatic rings. The molecule has 0 nitrogen and oxygen atoms in total.